The van der Waals surface area contributed by atoms with E-state index in [1.54, 1.807) is 6.20 Å². The van der Waals surface area contributed by atoms with E-state index in [9.17, 15) is 4.79 Å². The molecular weight excluding hydrogens is 330 g/mol. The minimum atomic E-state index is 0.218. The highest BCUT2D eigenvalue weighted by Gasteiger charge is 2.24. The molecule has 1 aromatic heterocycles. The van der Waals surface area contributed by atoms with E-state index >= 15 is 0 Å². The van der Waals surface area contributed by atoms with E-state index in [0.29, 0.717) is 12.3 Å². The first-order chi connectivity index (χ1) is 10.2. The van der Waals surface area contributed by atoms with Crippen LogP contribution >= 0.6 is 15.9 Å². The first-order valence-corrected chi connectivity index (χ1v) is 8.03. The number of aromatic amines is 1. The van der Waals surface area contributed by atoms with Crippen molar-refractivity contribution < 1.29 is 4.79 Å². The SMILES string of the molecule is O=C(Cc1ccc(Br)cc1)N1CCC(c2ncc[nH]2)CC1. The number of hydrogen-bond acceptors (Lipinski definition) is 2. The van der Waals surface area contributed by atoms with Crippen LogP contribution in [0.15, 0.2) is 41.1 Å². The van der Waals surface area contributed by atoms with Crippen molar-refractivity contribution in [3.63, 3.8) is 0 Å². The average Bonchev–Trinajstić information content (AvgIpc) is 3.04. The summed E-state index contributed by atoms with van der Waals surface area (Å²) in [6.45, 7) is 1.64. The lowest BCUT2D eigenvalue weighted by molar-refractivity contribution is -0.131. The van der Waals surface area contributed by atoms with E-state index < -0.39 is 0 Å². The monoisotopic (exact) mass is 347 g/mol. The third kappa shape index (κ3) is 3.53. The number of H-pyrrole nitrogens is 1. The minimum absolute atomic E-state index is 0.218. The molecule has 0 radical (unpaired) electrons. The molecule has 1 aliphatic heterocycles. The van der Waals surface area contributed by atoms with Crippen LogP contribution in [0.25, 0.3) is 0 Å². The molecule has 1 aromatic carbocycles. The molecule has 21 heavy (non-hydrogen) atoms. The van der Waals surface area contributed by atoms with Crippen LogP contribution in [-0.2, 0) is 11.2 Å². The molecule has 1 aliphatic rings. The second kappa shape index (κ2) is 6.43. The highest BCUT2D eigenvalue weighted by molar-refractivity contribution is 9.10. The maximum atomic E-state index is 12.3. The summed E-state index contributed by atoms with van der Waals surface area (Å²) in [7, 11) is 0. The van der Waals surface area contributed by atoms with Gasteiger partial charge in [0.1, 0.15) is 5.82 Å². The van der Waals surface area contributed by atoms with Gasteiger partial charge >= 0.3 is 0 Å². The molecule has 2 aromatic rings. The van der Waals surface area contributed by atoms with Crippen LogP contribution in [0.2, 0.25) is 0 Å². The van der Waals surface area contributed by atoms with E-state index in [-0.39, 0.29) is 5.91 Å². The summed E-state index contributed by atoms with van der Waals surface area (Å²) >= 11 is 3.41. The van der Waals surface area contributed by atoms with Gasteiger partial charge in [-0.1, -0.05) is 28.1 Å². The summed E-state index contributed by atoms with van der Waals surface area (Å²) < 4.78 is 1.04. The maximum Gasteiger partial charge on any atom is 0.226 e. The molecule has 0 aliphatic carbocycles. The Labute approximate surface area is 132 Å². The second-order valence-electron chi connectivity index (χ2n) is 5.43. The van der Waals surface area contributed by atoms with E-state index in [1.165, 1.54) is 0 Å². The first kappa shape index (κ1) is 14.3. The zero-order valence-electron chi connectivity index (χ0n) is 11.8. The lowest BCUT2D eigenvalue weighted by Gasteiger charge is -2.31. The van der Waals surface area contributed by atoms with Gasteiger partial charge in [-0.3, -0.25) is 4.79 Å². The van der Waals surface area contributed by atoms with Gasteiger partial charge in [-0.05, 0) is 30.5 Å². The Hall–Kier alpha value is -1.62. The van der Waals surface area contributed by atoms with E-state index in [4.69, 9.17) is 0 Å². The van der Waals surface area contributed by atoms with Gasteiger partial charge in [0.25, 0.3) is 0 Å². The number of halogens is 1. The van der Waals surface area contributed by atoms with Gasteiger partial charge in [-0.25, -0.2) is 4.98 Å². The molecule has 3 rings (SSSR count). The van der Waals surface area contributed by atoms with Gasteiger partial charge in [0.2, 0.25) is 5.91 Å². The van der Waals surface area contributed by atoms with Crippen LogP contribution in [0.3, 0.4) is 0 Å². The van der Waals surface area contributed by atoms with Crippen molar-refractivity contribution in [1.82, 2.24) is 14.9 Å². The summed E-state index contributed by atoms with van der Waals surface area (Å²) in [5.41, 5.74) is 1.07. The largest absolute Gasteiger partial charge is 0.348 e. The summed E-state index contributed by atoms with van der Waals surface area (Å²) in [4.78, 5) is 21.8. The number of carbonyl (C=O) groups is 1. The number of nitrogens with zero attached hydrogens (tertiary/aromatic N) is 2. The molecule has 1 amide bonds. The van der Waals surface area contributed by atoms with Crippen molar-refractivity contribution in [2.75, 3.05) is 13.1 Å². The number of rotatable bonds is 3. The van der Waals surface area contributed by atoms with E-state index in [0.717, 1.165) is 41.8 Å². The highest BCUT2D eigenvalue weighted by atomic mass is 79.9. The van der Waals surface area contributed by atoms with Crippen molar-refractivity contribution in [2.45, 2.75) is 25.2 Å². The maximum absolute atomic E-state index is 12.3. The Morgan fingerprint density at radius 2 is 2.00 bits per heavy atom. The third-order valence-electron chi connectivity index (χ3n) is 4.02. The Balaban J connectivity index is 1.54. The number of benzene rings is 1. The van der Waals surface area contributed by atoms with Gasteiger partial charge < -0.3 is 9.88 Å². The number of nitrogens with one attached hydrogen (secondary N) is 1. The summed E-state index contributed by atoms with van der Waals surface area (Å²) in [5.74, 6) is 1.72. The number of carbonyl (C=O) groups excluding carboxylic acids is 1. The molecule has 0 bridgehead atoms. The quantitative estimate of drug-likeness (QED) is 0.927. The van der Waals surface area contributed by atoms with Crippen LogP contribution in [0.5, 0.6) is 0 Å². The molecule has 1 N–H and O–H groups in total. The van der Waals surface area contributed by atoms with Crippen molar-refractivity contribution in [3.8, 4) is 0 Å². The molecule has 2 heterocycles. The second-order valence-corrected chi connectivity index (χ2v) is 6.35. The number of amides is 1. The topological polar surface area (TPSA) is 49.0 Å². The fraction of sp³-hybridized carbons (Fsp3) is 0.375. The normalized spacial score (nSPS) is 16.1. The molecule has 0 unspecified atom stereocenters. The number of likely N-dealkylation sites (tertiary alicyclic amines) is 1. The Morgan fingerprint density at radius 1 is 1.29 bits per heavy atom. The first-order valence-electron chi connectivity index (χ1n) is 7.24. The van der Waals surface area contributed by atoms with E-state index in [1.807, 2.05) is 35.4 Å². The number of piperidine rings is 1. The molecule has 1 saturated heterocycles. The minimum Gasteiger partial charge on any atom is -0.348 e. The van der Waals surface area contributed by atoms with Crippen molar-refractivity contribution in [3.05, 3.63) is 52.5 Å². The highest BCUT2D eigenvalue weighted by Crippen LogP contribution is 2.25. The molecule has 110 valence electrons. The van der Waals surface area contributed by atoms with Crippen LogP contribution in [0.1, 0.15) is 30.1 Å². The van der Waals surface area contributed by atoms with Crippen LogP contribution in [0, 0.1) is 0 Å². The van der Waals surface area contributed by atoms with E-state index in [2.05, 4.69) is 25.9 Å². The van der Waals surface area contributed by atoms with Crippen LogP contribution in [-0.4, -0.2) is 33.9 Å². The van der Waals surface area contributed by atoms with Crippen LogP contribution in [0.4, 0.5) is 0 Å². The number of imidazole rings is 1. The van der Waals surface area contributed by atoms with Crippen molar-refractivity contribution >= 4 is 21.8 Å². The Kier molecular flexibility index (Phi) is 4.39. The lowest BCUT2D eigenvalue weighted by atomic mass is 9.95. The number of hydrogen-bond donors (Lipinski definition) is 1. The lowest BCUT2D eigenvalue weighted by Crippen LogP contribution is -2.38. The average molecular weight is 348 g/mol. The molecule has 4 nitrogen and oxygen atoms in total. The van der Waals surface area contributed by atoms with Crippen molar-refractivity contribution in [1.29, 1.82) is 0 Å². The molecule has 0 spiro atoms. The molecule has 1 fully saturated rings. The number of aromatic nitrogens is 2. The Bertz CT molecular complexity index is 586. The summed E-state index contributed by atoms with van der Waals surface area (Å²) in [5, 5.41) is 0. The smallest absolute Gasteiger partial charge is 0.226 e. The summed E-state index contributed by atoms with van der Waals surface area (Å²) in [6, 6.07) is 7.95. The molecule has 0 atom stereocenters. The fourth-order valence-electron chi connectivity index (χ4n) is 2.79. The van der Waals surface area contributed by atoms with Gasteiger partial charge in [-0.2, -0.15) is 0 Å². The predicted molar refractivity (Wildman–Crippen MR) is 85.0 cm³/mol. The Morgan fingerprint density at radius 3 is 2.62 bits per heavy atom. The zero-order valence-corrected chi connectivity index (χ0v) is 13.3. The summed E-state index contributed by atoms with van der Waals surface area (Å²) in [6.07, 6.45) is 6.11. The van der Waals surface area contributed by atoms with Gasteiger partial charge in [0.05, 0.1) is 6.42 Å². The van der Waals surface area contributed by atoms with Gasteiger partial charge in [0, 0.05) is 35.9 Å². The predicted octanol–water partition coefficient (Wildman–Crippen LogP) is 3.12. The molecular formula is C16H18BrN3O. The standard InChI is InChI=1S/C16H18BrN3O/c17-14-3-1-12(2-4-14)11-15(21)20-9-5-13(6-10-20)16-18-7-8-19-16/h1-4,7-8,13H,5-6,9-11H2,(H,18,19). The molecule has 5 heteroatoms. The zero-order chi connectivity index (χ0) is 14.7. The fourth-order valence-corrected chi connectivity index (χ4v) is 3.06. The van der Waals surface area contributed by atoms with Gasteiger partial charge in [0.15, 0.2) is 0 Å². The molecule has 0 saturated carbocycles. The third-order valence-corrected chi connectivity index (χ3v) is 4.55. The van der Waals surface area contributed by atoms with Gasteiger partial charge in [-0.15, -0.1) is 0 Å². The van der Waals surface area contributed by atoms with Crippen molar-refractivity contribution in [2.24, 2.45) is 0 Å². The van der Waals surface area contributed by atoms with Crippen LogP contribution < -0.4 is 0 Å².